The lowest BCUT2D eigenvalue weighted by Crippen LogP contribution is -1.87. The quantitative estimate of drug-likeness (QED) is 0.319. The first-order valence-corrected chi connectivity index (χ1v) is 3.04. The topological polar surface area (TPSA) is 26.3 Å². The van der Waals surface area contributed by atoms with E-state index in [-0.39, 0.29) is 5.97 Å². The van der Waals surface area contributed by atoms with Gasteiger partial charge in [-0.05, 0) is 13.8 Å². The predicted octanol–water partition coefficient (Wildman–Crippen LogP) is 2.28. The average molecular weight is 142 g/mol. The molecule has 10 heavy (non-hydrogen) atoms. The fourth-order valence-corrected chi connectivity index (χ4v) is 0.117. The number of hydrogen-bond donors (Lipinski definition) is 0. The maximum absolute atomic E-state index is 9.75. The van der Waals surface area contributed by atoms with Crippen LogP contribution >= 0.6 is 0 Å². The minimum Gasteiger partial charge on any atom is -0.435 e. The molecule has 0 N–H and O–H groups in total. The summed E-state index contributed by atoms with van der Waals surface area (Å²) in [5, 5.41) is 0. The van der Waals surface area contributed by atoms with Crippen LogP contribution in [0, 0.1) is 0 Å². The number of ether oxygens (including phenoxy) is 1. The molecule has 0 spiro atoms. The van der Waals surface area contributed by atoms with E-state index in [1.54, 1.807) is 0 Å². The molecule has 0 saturated heterocycles. The number of hydrogen-bond acceptors (Lipinski definition) is 2. The fourth-order valence-electron chi connectivity index (χ4n) is 0.117. The lowest BCUT2D eigenvalue weighted by atomic mass is 10.6. The minimum absolute atomic E-state index is 0.329. The first-order chi connectivity index (χ1) is 4.68. The Morgan fingerprint density at radius 2 is 1.80 bits per heavy atom. The number of rotatable bonds is 1. The second-order valence-electron chi connectivity index (χ2n) is 1.44. The second-order valence-corrected chi connectivity index (χ2v) is 1.44. The largest absolute Gasteiger partial charge is 0.435 e. The summed E-state index contributed by atoms with van der Waals surface area (Å²) in [5.41, 5.74) is 0. The van der Waals surface area contributed by atoms with E-state index in [0.29, 0.717) is 0 Å². The molecule has 0 unspecified atom stereocenters. The number of carbonyl (C=O) groups is 1. The second kappa shape index (κ2) is 10.8. The van der Waals surface area contributed by atoms with Crippen molar-refractivity contribution in [2.45, 2.75) is 20.8 Å². The van der Waals surface area contributed by atoms with Gasteiger partial charge in [0.05, 0.1) is 6.26 Å². The van der Waals surface area contributed by atoms with Gasteiger partial charge in [0.2, 0.25) is 0 Å². The summed E-state index contributed by atoms with van der Waals surface area (Å²) in [4.78, 5) is 9.75. The van der Waals surface area contributed by atoms with Crippen LogP contribution in [-0.2, 0) is 9.53 Å². The van der Waals surface area contributed by atoms with Gasteiger partial charge < -0.3 is 4.74 Å². The summed E-state index contributed by atoms with van der Waals surface area (Å²) in [5.74, 6) is -0.329. The van der Waals surface area contributed by atoms with Gasteiger partial charge in [-0.15, -0.1) is 0 Å². The van der Waals surface area contributed by atoms with E-state index < -0.39 is 0 Å². The number of esters is 1. The third kappa shape index (κ3) is 28.3. The molecule has 0 radical (unpaired) electrons. The molecule has 0 aromatic heterocycles. The van der Waals surface area contributed by atoms with Gasteiger partial charge in [-0.25, -0.2) is 0 Å². The molecule has 0 heterocycles. The molecule has 0 rings (SSSR count). The summed E-state index contributed by atoms with van der Waals surface area (Å²) in [6.45, 7) is 8.48. The van der Waals surface area contributed by atoms with E-state index in [1.807, 2.05) is 26.0 Å². The lowest BCUT2D eigenvalue weighted by molar-refractivity contribution is -0.135. The Morgan fingerprint density at radius 1 is 1.40 bits per heavy atom. The van der Waals surface area contributed by atoms with Crippen molar-refractivity contribution >= 4 is 5.97 Å². The molecule has 2 heteroatoms. The Morgan fingerprint density at radius 3 is 1.80 bits per heavy atom. The zero-order valence-corrected chi connectivity index (χ0v) is 6.76. The molecule has 0 fully saturated rings. The molecule has 0 aliphatic heterocycles. The van der Waals surface area contributed by atoms with Crippen LogP contribution in [0.2, 0.25) is 0 Å². The van der Waals surface area contributed by atoms with Crippen LogP contribution in [0.4, 0.5) is 0 Å². The monoisotopic (exact) mass is 142 g/mol. The van der Waals surface area contributed by atoms with Gasteiger partial charge in [-0.2, -0.15) is 0 Å². The Kier molecular flexibility index (Phi) is 12.7. The Balaban J connectivity index is 0. The normalized spacial score (nSPS) is 7.90. The predicted molar refractivity (Wildman–Crippen MR) is 42.5 cm³/mol. The molecule has 0 aliphatic rings. The number of allylic oxidation sites excluding steroid dienone is 2. The molecule has 0 amide bonds. The van der Waals surface area contributed by atoms with Gasteiger partial charge in [0.15, 0.2) is 0 Å². The maximum Gasteiger partial charge on any atom is 0.307 e. The molecule has 0 atom stereocenters. The highest BCUT2D eigenvalue weighted by molar-refractivity contribution is 5.66. The first kappa shape index (κ1) is 11.7. The SMILES string of the molecule is C/C=C/C.C=COC(C)=O. The van der Waals surface area contributed by atoms with Crippen LogP contribution in [-0.4, -0.2) is 5.97 Å². The van der Waals surface area contributed by atoms with Crippen molar-refractivity contribution in [1.82, 2.24) is 0 Å². The zero-order chi connectivity index (χ0) is 8.41. The fraction of sp³-hybridized carbons (Fsp3) is 0.375. The van der Waals surface area contributed by atoms with E-state index in [2.05, 4.69) is 11.3 Å². The van der Waals surface area contributed by atoms with E-state index in [1.165, 1.54) is 6.92 Å². The highest BCUT2D eigenvalue weighted by Gasteiger charge is 1.79. The van der Waals surface area contributed by atoms with Crippen molar-refractivity contribution < 1.29 is 9.53 Å². The van der Waals surface area contributed by atoms with E-state index >= 15 is 0 Å². The van der Waals surface area contributed by atoms with E-state index in [9.17, 15) is 4.79 Å². The van der Waals surface area contributed by atoms with Crippen LogP contribution < -0.4 is 0 Å². The van der Waals surface area contributed by atoms with Crippen molar-refractivity contribution in [3.05, 3.63) is 25.0 Å². The van der Waals surface area contributed by atoms with Crippen molar-refractivity contribution in [2.75, 3.05) is 0 Å². The van der Waals surface area contributed by atoms with Gasteiger partial charge in [-0.3, -0.25) is 4.79 Å². The van der Waals surface area contributed by atoms with Crippen LogP contribution in [0.15, 0.2) is 25.0 Å². The Labute approximate surface area is 62.2 Å². The molecular formula is C8H14O2. The maximum atomic E-state index is 9.75. The smallest absolute Gasteiger partial charge is 0.307 e. The molecule has 58 valence electrons. The molecule has 0 aromatic rings. The van der Waals surface area contributed by atoms with Gasteiger partial charge in [0.1, 0.15) is 0 Å². The average Bonchev–Trinajstić information content (AvgIpc) is 1.89. The van der Waals surface area contributed by atoms with Gasteiger partial charge in [0, 0.05) is 6.92 Å². The lowest BCUT2D eigenvalue weighted by Gasteiger charge is -1.83. The van der Waals surface area contributed by atoms with Crippen molar-refractivity contribution in [1.29, 1.82) is 0 Å². The van der Waals surface area contributed by atoms with E-state index in [0.717, 1.165) is 6.26 Å². The standard InChI is InChI=1S/C4H6O2.C4H8/c1-3-6-4(2)5;1-3-4-2/h3H,1H2,2H3;3-4H,1-2H3/b;4-3+. The van der Waals surface area contributed by atoms with Gasteiger partial charge in [0.25, 0.3) is 0 Å². The van der Waals surface area contributed by atoms with E-state index in [4.69, 9.17) is 0 Å². The Bertz CT molecular complexity index is 110. The molecule has 0 aromatic carbocycles. The highest BCUT2D eigenvalue weighted by Crippen LogP contribution is 1.70. The van der Waals surface area contributed by atoms with Crippen molar-refractivity contribution in [3.63, 3.8) is 0 Å². The molecule has 0 aliphatic carbocycles. The zero-order valence-electron chi connectivity index (χ0n) is 6.76. The molecular weight excluding hydrogens is 128 g/mol. The van der Waals surface area contributed by atoms with Crippen molar-refractivity contribution in [3.8, 4) is 0 Å². The van der Waals surface area contributed by atoms with Gasteiger partial charge in [-0.1, -0.05) is 18.7 Å². The Hall–Kier alpha value is -1.05. The van der Waals surface area contributed by atoms with Crippen LogP contribution in [0.3, 0.4) is 0 Å². The minimum atomic E-state index is -0.329. The molecule has 0 bridgehead atoms. The molecule has 2 nitrogen and oxygen atoms in total. The van der Waals surface area contributed by atoms with Crippen molar-refractivity contribution in [2.24, 2.45) is 0 Å². The van der Waals surface area contributed by atoms with Crippen LogP contribution in [0.5, 0.6) is 0 Å². The summed E-state index contributed by atoms with van der Waals surface area (Å²) < 4.78 is 4.17. The first-order valence-electron chi connectivity index (χ1n) is 3.04. The third-order valence-corrected chi connectivity index (χ3v) is 0.583. The van der Waals surface area contributed by atoms with Gasteiger partial charge >= 0.3 is 5.97 Å². The number of carbonyl (C=O) groups excluding carboxylic acids is 1. The highest BCUT2D eigenvalue weighted by atomic mass is 16.5. The summed E-state index contributed by atoms with van der Waals surface area (Å²) in [6.07, 6.45) is 5.10. The summed E-state index contributed by atoms with van der Waals surface area (Å²) in [7, 11) is 0. The van der Waals surface area contributed by atoms with Crippen LogP contribution in [0.1, 0.15) is 20.8 Å². The third-order valence-electron chi connectivity index (χ3n) is 0.583. The summed E-state index contributed by atoms with van der Waals surface area (Å²) in [6, 6.07) is 0. The van der Waals surface area contributed by atoms with Crippen LogP contribution in [0.25, 0.3) is 0 Å². The summed E-state index contributed by atoms with van der Waals surface area (Å²) >= 11 is 0. The molecule has 0 saturated carbocycles.